The van der Waals surface area contributed by atoms with Crippen LogP contribution in [0, 0.1) is 0 Å². The van der Waals surface area contributed by atoms with Gasteiger partial charge in [0.2, 0.25) is 0 Å². The molecule has 0 spiro atoms. The van der Waals surface area contributed by atoms with Crippen LogP contribution in [0.2, 0.25) is 0 Å². The predicted molar refractivity (Wildman–Crippen MR) is 50.8 cm³/mol. The van der Waals surface area contributed by atoms with Crippen LogP contribution in [0.4, 0.5) is 0 Å². The van der Waals surface area contributed by atoms with Crippen molar-refractivity contribution >= 4 is 5.97 Å². The Hall–Kier alpha value is -0.610. The fraction of sp³-hybridized carbons (Fsp3) is 0.900. The monoisotopic (exact) mass is 202 g/mol. The maximum atomic E-state index is 11.0. The molecule has 0 aromatic rings. The number of rotatable bonds is 4. The molecule has 0 atom stereocenters. The summed E-state index contributed by atoms with van der Waals surface area (Å²) in [7, 11) is 0. The highest BCUT2D eigenvalue weighted by atomic mass is 16.6. The number of esters is 1. The molecule has 0 aliphatic heterocycles. The molecule has 1 aliphatic rings. The topological polar surface area (TPSA) is 55.8 Å². The first-order valence-corrected chi connectivity index (χ1v) is 5.17. The average molecular weight is 202 g/mol. The number of hydrogen-bond donors (Lipinski definition) is 1. The Morgan fingerprint density at radius 3 is 2.57 bits per heavy atom. The summed E-state index contributed by atoms with van der Waals surface area (Å²) in [5.74, 6) is -0.307. The number of hydrogen-bond acceptors (Lipinski definition) is 4. The van der Waals surface area contributed by atoms with Crippen molar-refractivity contribution in [1.29, 1.82) is 0 Å². The van der Waals surface area contributed by atoms with Crippen LogP contribution in [-0.2, 0) is 14.3 Å². The van der Waals surface area contributed by atoms with Gasteiger partial charge in [0.05, 0.1) is 18.8 Å². The molecule has 0 heterocycles. The van der Waals surface area contributed by atoms with E-state index in [0.717, 1.165) is 25.7 Å². The van der Waals surface area contributed by atoms with Gasteiger partial charge in [-0.25, -0.2) is 4.79 Å². The molecule has 0 aromatic heterocycles. The Kier molecular flexibility index (Phi) is 4.90. The van der Waals surface area contributed by atoms with E-state index in [4.69, 9.17) is 9.47 Å². The summed E-state index contributed by atoms with van der Waals surface area (Å²) >= 11 is 0. The summed E-state index contributed by atoms with van der Waals surface area (Å²) in [5, 5.41) is 9.24. The van der Waals surface area contributed by atoms with E-state index in [1.807, 2.05) is 0 Å². The minimum Gasteiger partial charge on any atom is -0.464 e. The molecule has 4 heteroatoms. The highest BCUT2D eigenvalue weighted by Gasteiger charge is 2.20. The van der Waals surface area contributed by atoms with Crippen molar-refractivity contribution < 1.29 is 19.4 Å². The standard InChI is InChI=1S/C10H18O4/c1-2-13-10(12)7-14-9-5-3-8(11)4-6-9/h8-9,11H,2-7H2,1H3. The summed E-state index contributed by atoms with van der Waals surface area (Å²) in [6, 6.07) is 0. The minimum absolute atomic E-state index is 0.0363. The molecule has 0 saturated heterocycles. The highest BCUT2D eigenvalue weighted by Crippen LogP contribution is 2.20. The van der Waals surface area contributed by atoms with Crippen LogP contribution < -0.4 is 0 Å². The van der Waals surface area contributed by atoms with E-state index in [0.29, 0.717) is 6.61 Å². The van der Waals surface area contributed by atoms with E-state index < -0.39 is 0 Å². The fourth-order valence-corrected chi connectivity index (χ4v) is 1.60. The maximum Gasteiger partial charge on any atom is 0.332 e. The molecular weight excluding hydrogens is 184 g/mol. The molecule has 1 rings (SSSR count). The first-order chi connectivity index (χ1) is 6.72. The van der Waals surface area contributed by atoms with Crippen molar-refractivity contribution in [1.82, 2.24) is 0 Å². The first kappa shape index (κ1) is 11.5. The Bertz CT molecular complexity index is 173. The van der Waals surface area contributed by atoms with Crippen LogP contribution >= 0.6 is 0 Å². The van der Waals surface area contributed by atoms with E-state index in [1.54, 1.807) is 6.92 Å². The summed E-state index contributed by atoms with van der Waals surface area (Å²) in [6.45, 7) is 2.20. The molecule has 14 heavy (non-hydrogen) atoms. The highest BCUT2D eigenvalue weighted by molar-refractivity contribution is 5.70. The van der Waals surface area contributed by atoms with Gasteiger partial charge in [-0.3, -0.25) is 0 Å². The third-order valence-corrected chi connectivity index (χ3v) is 2.39. The number of aliphatic hydroxyl groups is 1. The summed E-state index contributed by atoms with van der Waals surface area (Å²) in [5.41, 5.74) is 0. The molecule has 82 valence electrons. The van der Waals surface area contributed by atoms with Gasteiger partial charge >= 0.3 is 5.97 Å². The third kappa shape index (κ3) is 4.07. The van der Waals surface area contributed by atoms with Gasteiger partial charge in [-0.05, 0) is 32.6 Å². The van der Waals surface area contributed by atoms with Gasteiger partial charge in [-0.1, -0.05) is 0 Å². The van der Waals surface area contributed by atoms with Crippen molar-refractivity contribution in [3.8, 4) is 0 Å². The summed E-state index contributed by atoms with van der Waals surface area (Å²) in [4.78, 5) is 11.0. The molecule has 0 radical (unpaired) electrons. The van der Waals surface area contributed by atoms with E-state index in [9.17, 15) is 9.90 Å². The second-order valence-electron chi connectivity index (χ2n) is 3.55. The molecular formula is C10H18O4. The lowest BCUT2D eigenvalue weighted by atomic mass is 9.95. The van der Waals surface area contributed by atoms with Crippen LogP contribution in [0.3, 0.4) is 0 Å². The second kappa shape index (κ2) is 5.98. The minimum atomic E-state index is -0.307. The predicted octanol–water partition coefficient (Wildman–Crippen LogP) is 0.870. The van der Waals surface area contributed by atoms with E-state index in [1.165, 1.54) is 0 Å². The molecule has 1 N–H and O–H groups in total. The zero-order valence-corrected chi connectivity index (χ0v) is 8.57. The van der Waals surface area contributed by atoms with Gasteiger partial charge in [-0.15, -0.1) is 0 Å². The van der Waals surface area contributed by atoms with E-state index in [-0.39, 0.29) is 24.8 Å². The van der Waals surface area contributed by atoms with Crippen LogP contribution in [0.15, 0.2) is 0 Å². The van der Waals surface area contributed by atoms with Crippen LogP contribution in [0.1, 0.15) is 32.6 Å². The normalized spacial score (nSPS) is 27.3. The van der Waals surface area contributed by atoms with Gasteiger partial charge in [0.25, 0.3) is 0 Å². The Labute approximate surface area is 84.2 Å². The Balaban J connectivity index is 2.09. The van der Waals surface area contributed by atoms with Gasteiger partial charge in [0.1, 0.15) is 6.61 Å². The maximum absolute atomic E-state index is 11.0. The molecule has 1 fully saturated rings. The molecule has 0 aromatic carbocycles. The zero-order chi connectivity index (χ0) is 10.4. The Morgan fingerprint density at radius 1 is 1.36 bits per heavy atom. The van der Waals surface area contributed by atoms with Crippen molar-refractivity contribution in [2.45, 2.75) is 44.8 Å². The van der Waals surface area contributed by atoms with Gasteiger partial charge < -0.3 is 14.6 Å². The first-order valence-electron chi connectivity index (χ1n) is 5.17. The molecule has 1 saturated carbocycles. The summed E-state index contributed by atoms with van der Waals surface area (Å²) in [6.07, 6.45) is 3.14. The van der Waals surface area contributed by atoms with E-state index >= 15 is 0 Å². The number of ether oxygens (including phenoxy) is 2. The van der Waals surface area contributed by atoms with Gasteiger partial charge in [0, 0.05) is 0 Å². The molecule has 0 amide bonds. The average Bonchev–Trinajstić information content (AvgIpc) is 2.17. The van der Waals surface area contributed by atoms with Gasteiger partial charge in [-0.2, -0.15) is 0 Å². The lowest BCUT2D eigenvalue weighted by Crippen LogP contribution is -2.26. The molecule has 1 aliphatic carbocycles. The number of aliphatic hydroxyl groups excluding tert-OH is 1. The smallest absolute Gasteiger partial charge is 0.332 e. The zero-order valence-electron chi connectivity index (χ0n) is 8.57. The summed E-state index contributed by atoms with van der Waals surface area (Å²) < 4.78 is 10.1. The number of carbonyl (C=O) groups excluding carboxylic acids is 1. The molecule has 0 bridgehead atoms. The van der Waals surface area contributed by atoms with Crippen molar-refractivity contribution in [3.63, 3.8) is 0 Å². The van der Waals surface area contributed by atoms with Crippen molar-refractivity contribution in [2.75, 3.05) is 13.2 Å². The largest absolute Gasteiger partial charge is 0.464 e. The Morgan fingerprint density at radius 2 is 2.00 bits per heavy atom. The third-order valence-electron chi connectivity index (χ3n) is 2.39. The van der Waals surface area contributed by atoms with Crippen molar-refractivity contribution in [3.05, 3.63) is 0 Å². The lowest BCUT2D eigenvalue weighted by molar-refractivity contribution is -0.151. The van der Waals surface area contributed by atoms with Crippen LogP contribution in [0.25, 0.3) is 0 Å². The number of carbonyl (C=O) groups is 1. The van der Waals surface area contributed by atoms with E-state index in [2.05, 4.69) is 0 Å². The quantitative estimate of drug-likeness (QED) is 0.687. The second-order valence-corrected chi connectivity index (χ2v) is 3.55. The molecule has 4 nitrogen and oxygen atoms in total. The SMILES string of the molecule is CCOC(=O)COC1CCC(O)CC1. The lowest BCUT2D eigenvalue weighted by Gasteiger charge is -2.24. The molecule has 0 unspecified atom stereocenters. The van der Waals surface area contributed by atoms with Crippen LogP contribution in [0.5, 0.6) is 0 Å². The fourth-order valence-electron chi connectivity index (χ4n) is 1.60. The van der Waals surface area contributed by atoms with Gasteiger partial charge in [0.15, 0.2) is 0 Å². The van der Waals surface area contributed by atoms with Crippen molar-refractivity contribution in [2.24, 2.45) is 0 Å². The van der Waals surface area contributed by atoms with Crippen LogP contribution in [-0.4, -0.2) is 36.5 Å².